The highest BCUT2D eigenvalue weighted by Gasteiger charge is 2.05. The van der Waals surface area contributed by atoms with Gasteiger partial charge in [-0.3, -0.25) is 10.1 Å². The summed E-state index contributed by atoms with van der Waals surface area (Å²) in [6.07, 6.45) is 11.7. The third-order valence-corrected chi connectivity index (χ3v) is 5.43. The Hall–Kier alpha value is -4.58. The Morgan fingerprint density at radius 1 is 0.882 bits per heavy atom. The van der Waals surface area contributed by atoms with Gasteiger partial charge >= 0.3 is 0 Å². The summed E-state index contributed by atoms with van der Waals surface area (Å²) in [6.45, 7) is 0.404. The molecule has 0 saturated heterocycles. The number of hydrogen-bond acceptors (Lipinski definition) is 4. The first-order chi connectivity index (χ1) is 16.8. The topological polar surface area (TPSA) is 75.8 Å². The average molecular weight is 449 g/mol. The molecule has 2 aromatic carbocycles. The van der Waals surface area contributed by atoms with Crippen molar-refractivity contribution in [3.63, 3.8) is 0 Å². The molecular formula is C28H24N4O2. The van der Waals surface area contributed by atoms with Crippen molar-refractivity contribution in [1.29, 1.82) is 0 Å². The fraction of sp³-hybridized carbons (Fsp3) is 0.0714. The lowest BCUT2D eigenvalue weighted by Gasteiger charge is -2.09. The molecule has 0 bridgehead atoms. The van der Waals surface area contributed by atoms with Crippen LogP contribution in [0.5, 0.6) is 11.5 Å². The number of ether oxygens (including phenoxy) is 2. The Balaban J connectivity index is 1.26. The largest absolute Gasteiger partial charge is 0.496 e. The first-order valence-electron chi connectivity index (χ1n) is 11.0. The Kier molecular flexibility index (Phi) is 6.21. The minimum absolute atomic E-state index is 0.404. The first kappa shape index (κ1) is 21.3. The van der Waals surface area contributed by atoms with Crippen LogP contribution in [0.15, 0.2) is 79.1 Å². The zero-order valence-corrected chi connectivity index (χ0v) is 18.7. The van der Waals surface area contributed by atoms with Gasteiger partial charge in [0.05, 0.1) is 29.7 Å². The minimum Gasteiger partial charge on any atom is -0.496 e. The maximum absolute atomic E-state index is 5.85. The molecule has 0 aliphatic heterocycles. The van der Waals surface area contributed by atoms with Crippen LogP contribution in [0.25, 0.3) is 35.2 Å². The molecule has 0 fully saturated rings. The standard InChI is InChI=1S/C28H24N4O2/c1-33-27-18-26(34-19-25-7-2-3-15-29-25)13-10-20(27)8-11-23-17-24(32-31-23)12-9-21-5-4-6-22-14-16-30-28(21)22/h2-18,30H,19H2,1H3,(H,31,32). The average Bonchev–Trinajstić information content (AvgIpc) is 3.55. The zero-order chi connectivity index (χ0) is 23.2. The van der Waals surface area contributed by atoms with Crippen molar-refractivity contribution in [2.24, 2.45) is 0 Å². The van der Waals surface area contributed by atoms with Crippen LogP contribution in [0.1, 0.15) is 28.2 Å². The van der Waals surface area contributed by atoms with Crippen molar-refractivity contribution < 1.29 is 9.47 Å². The highest BCUT2D eigenvalue weighted by molar-refractivity contribution is 5.90. The predicted octanol–water partition coefficient (Wildman–Crippen LogP) is 6.21. The van der Waals surface area contributed by atoms with Gasteiger partial charge in [-0.05, 0) is 65.6 Å². The van der Waals surface area contributed by atoms with Crippen LogP contribution in [0, 0.1) is 0 Å². The second-order valence-corrected chi connectivity index (χ2v) is 7.72. The van der Waals surface area contributed by atoms with E-state index in [0.717, 1.165) is 45.2 Å². The molecule has 0 spiro atoms. The molecule has 0 unspecified atom stereocenters. The number of nitrogens with one attached hydrogen (secondary N) is 2. The summed E-state index contributed by atoms with van der Waals surface area (Å²) in [7, 11) is 1.65. The number of fused-ring (bicyclic) bond motifs is 1. The molecule has 0 aliphatic rings. The maximum Gasteiger partial charge on any atom is 0.130 e. The molecule has 0 radical (unpaired) electrons. The highest BCUT2D eigenvalue weighted by atomic mass is 16.5. The second-order valence-electron chi connectivity index (χ2n) is 7.72. The van der Waals surface area contributed by atoms with Gasteiger partial charge in [0, 0.05) is 24.0 Å². The SMILES string of the molecule is COc1cc(OCc2ccccn2)ccc1C=Cc1cc(C=Cc2cccc3cc[nH]c23)[nH]n1. The van der Waals surface area contributed by atoms with Crippen LogP contribution in [-0.2, 0) is 6.61 Å². The van der Waals surface area contributed by atoms with Crippen molar-refractivity contribution in [2.45, 2.75) is 6.61 Å². The Bertz CT molecular complexity index is 1450. The van der Waals surface area contributed by atoms with Crippen LogP contribution in [0.2, 0.25) is 0 Å². The van der Waals surface area contributed by atoms with Crippen molar-refractivity contribution in [2.75, 3.05) is 7.11 Å². The van der Waals surface area contributed by atoms with E-state index in [1.54, 1.807) is 13.3 Å². The quantitative estimate of drug-likeness (QED) is 0.296. The van der Waals surface area contributed by atoms with Gasteiger partial charge in [-0.2, -0.15) is 5.10 Å². The van der Waals surface area contributed by atoms with Gasteiger partial charge in [-0.15, -0.1) is 0 Å². The molecule has 34 heavy (non-hydrogen) atoms. The molecule has 168 valence electrons. The van der Waals surface area contributed by atoms with Crippen LogP contribution in [0.4, 0.5) is 0 Å². The Morgan fingerprint density at radius 3 is 2.71 bits per heavy atom. The normalized spacial score (nSPS) is 11.6. The van der Waals surface area contributed by atoms with Crippen LogP contribution >= 0.6 is 0 Å². The van der Waals surface area contributed by atoms with Gasteiger partial charge in [0.2, 0.25) is 0 Å². The summed E-state index contributed by atoms with van der Waals surface area (Å²) in [6, 6.07) is 21.8. The third-order valence-electron chi connectivity index (χ3n) is 5.43. The number of aromatic nitrogens is 4. The number of benzene rings is 2. The number of rotatable bonds is 8. The molecule has 3 heterocycles. The van der Waals surface area contributed by atoms with Gasteiger partial charge in [0.25, 0.3) is 0 Å². The van der Waals surface area contributed by atoms with Crippen LogP contribution < -0.4 is 9.47 Å². The molecule has 2 N–H and O–H groups in total. The fourth-order valence-corrected chi connectivity index (χ4v) is 3.69. The molecule has 5 rings (SSSR count). The molecule has 5 aromatic rings. The number of aromatic amines is 2. The van der Waals surface area contributed by atoms with E-state index in [1.807, 2.05) is 66.9 Å². The number of hydrogen-bond donors (Lipinski definition) is 2. The molecule has 6 nitrogen and oxygen atoms in total. The van der Waals surface area contributed by atoms with Crippen LogP contribution in [0.3, 0.4) is 0 Å². The van der Waals surface area contributed by atoms with Crippen LogP contribution in [-0.4, -0.2) is 27.3 Å². The summed E-state index contributed by atoms with van der Waals surface area (Å²) >= 11 is 0. The van der Waals surface area contributed by atoms with Gasteiger partial charge in [0.15, 0.2) is 0 Å². The van der Waals surface area contributed by atoms with E-state index in [1.165, 1.54) is 5.39 Å². The van der Waals surface area contributed by atoms with Gasteiger partial charge in [-0.1, -0.05) is 30.3 Å². The second kappa shape index (κ2) is 9.92. The number of pyridine rings is 1. The van der Waals surface area contributed by atoms with Crippen molar-refractivity contribution in [3.05, 3.63) is 107 Å². The maximum atomic E-state index is 5.85. The lowest BCUT2D eigenvalue weighted by molar-refractivity contribution is 0.299. The molecule has 0 aliphatic carbocycles. The summed E-state index contributed by atoms with van der Waals surface area (Å²) in [4.78, 5) is 7.56. The smallest absolute Gasteiger partial charge is 0.130 e. The molecule has 0 atom stereocenters. The molecular weight excluding hydrogens is 424 g/mol. The molecule has 0 saturated carbocycles. The highest BCUT2D eigenvalue weighted by Crippen LogP contribution is 2.27. The number of methoxy groups -OCH3 is 1. The monoisotopic (exact) mass is 448 g/mol. The number of para-hydroxylation sites is 1. The zero-order valence-electron chi connectivity index (χ0n) is 18.7. The minimum atomic E-state index is 0.404. The van der Waals surface area contributed by atoms with E-state index in [2.05, 4.69) is 50.5 Å². The Labute approximate surface area is 197 Å². The predicted molar refractivity (Wildman–Crippen MR) is 136 cm³/mol. The molecule has 0 amide bonds. The summed E-state index contributed by atoms with van der Waals surface area (Å²) in [5.74, 6) is 1.45. The van der Waals surface area contributed by atoms with E-state index in [-0.39, 0.29) is 0 Å². The van der Waals surface area contributed by atoms with E-state index in [0.29, 0.717) is 6.61 Å². The van der Waals surface area contributed by atoms with Gasteiger partial charge in [-0.25, -0.2) is 0 Å². The summed E-state index contributed by atoms with van der Waals surface area (Å²) in [5.41, 5.74) is 5.82. The fourth-order valence-electron chi connectivity index (χ4n) is 3.69. The summed E-state index contributed by atoms with van der Waals surface area (Å²) < 4.78 is 11.4. The first-order valence-corrected chi connectivity index (χ1v) is 11.0. The molecule has 3 aromatic heterocycles. The third kappa shape index (κ3) is 4.91. The van der Waals surface area contributed by atoms with Gasteiger partial charge < -0.3 is 14.5 Å². The van der Waals surface area contributed by atoms with E-state index >= 15 is 0 Å². The number of nitrogens with zero attached hydrogens (tertiary/aromatic N) is 2. The number of H-pyrrole nitrogens is 2. The summed E-state index contributed by atoms with van der Waals surface area (Å²) in [5, 5.41) is 8.65. The Morgan fingerprint density at radius 2 is 1.82 bits per heavy atom. The van der Waals surface area contributed by atoms with Crippen molar-refractivity contribution in [1.82, 2.24) is 20.2 Å². The molecule has 6 heteroatoms. The lowest BCUT2D eigenvalue weighted by Crippen LogP contribution is -1.98. The van der Waals surface area contributed by atoms with E-state index in [9.17, 15) is 0 Å². The van der Waals surface area contributed by atoms with Crippen molar-refractivity contribution >= 4 is 35.2 Å². The van der Waals surface area contributed by atoms with E-state index in [4.69, 9.17) is 9.47 Å². The van der Waals surface area contributed by atoms with Gasteiger partial charge in [0.1, 0.15) is 18.1 Å². The van der Waals surface area contributed by atoms with Crippen molar-refractivity contribution in [3.8, 4) is 11.5 Å². The van der Waals surface area contributed by atoms with E-state index < -0.39 is 0 Å². The lowest BCUT2D eigenvalue weighted by atomic mass is 10.1.